The first kappa shape index (κ1) is 11.8. The molecule has 0 aliphatic rings. The first-order valence-electron chi connectivity index (χ1n) is 5.58. The molecule has 0 saturated heterocycles. The van der Waals surface area contributed by atoms with Gasteiger partial charge >= 0.3 is 0 Å². The highest BCUT2D eigenvalue weighted by molar-refractivity contribution is 5.57. The summed E-state index contributed by atoms with van der Waals surface area (Å²) >= 11 is 0. The molecule has 0 radical (unpaired) electrons. The number of benzene rings is 1. The van der Waals surface area contributed by atoms with Crippen LogP contribution in [-0.4, -0.2) is 22.1 Å². The highest BCUT2D eigenvalue weighted by atomic mass is 16.5. The van der Waals surface area contributed by atoms with Gasteiger partial charge in [0.25, 0.3) is 0 Å². The number of hydrogen-bond donors (Lipinski definition) is 0. The average molecular weight is 231 g/mol. The van der Waals surface area contributed by atoms with Gasteiger partial charge in [0.15, 0.2) is 5.72 Å². The van der Waals surface area contributed by atoms with Gasteiger partial charge in [-0.1, -0.05) is 35.0 Å². The van der Waals surface area contributed by atoms with Crippen LogP contribution in [0.4, 0.5) is 0 Å². The Bertz CT molecular complexity index is 500. The van der Waals surface area contributed by atoms with E-state index >= 15 is 0 Å². The van der Waals surface area contributed by atoms with Gasteiger partial charge < -0.3 is 4.74 Å². The maximum Gasteiger partial charge on any atom is 0.156 e. The van der Waals surface area contributed by atoms with Crippen molar-refractivity contribution in [1.29, 1.82) is 0 Å². The predicted octanol–water partition coefficient (Wildman–Crippen LogP) is 2.59. The molecule has 0 saturated carbocycles. The lowest BCUT2D eigenvalue weighted by molar-refractivity contribution is -0.0561. The van der Waals surface area contributed by atoms with Crippen LogP contribution in [0.25, 0.3) is 11.3 Å². The van der Waals surface area contributed by atoms with Crippen LogP contribution in [0.1, 0.15) is 19.4 Å². The van der Waals surface area contributed by atoms with Crippen molar-refractivity contribution in [2.75, 3.05) is 7.11 Å². The Labute approximate surface area is 101 Å². The summed E-state index contributed by atoms with van der Waals surface area (Å²) in [5.41, 5.74) is 2.68. The van der Waals surface area contributed by atoms with Gasteiger partial charge in [-0.3, -0.25) is 0 Å². The maximum atomic E-state index is 5.35. The number of aromatic nitrogens is 3. The normalized spacial score (nSPS) is 11.8. The molecule has 0 unspecified atom stereocenters. The molecule has 0 atom stereocenters. The second-order valence-corrected chi connectivity index (χ2v) is 4.57. The van der Waals surface area contributed by atoms with Crippen molar-refractivity contribution in [3.63, 3.8) is 0 Å². The first-order chi connectivity index (χ1) is 8.03. The first-order valence-corrected chi connectivity index (χ1v) is 5.58. The molecule has 0 bridgehead atoms. The number of rotatable bonds is 3. The van der Waals surface area contributed by atoms with E-state index in [0.717, 1.165) is 11.3 Å². The lowest BCUT2D eigenvalue weighted by atomic mass is 10.1. The summed E-state index contributed by atoms with van der Waals surface area (Å²) in [5.74, 6) is 0. The van der Waals surface area contributed by atoms with Gasteiger partial charge in [0.1, 0.15) is 5.69 Å². The van der Waals surface area contributed by atoms with E-state index in [1.807, 2.05) is 32.2 Å². The van der Waals surface area contributed by atoms with Crippen LogP contribution in [0, 0.1) is 6.92 Å². The molecule has 1 aromatic heterocycles. The molecule has 2 rings (SSSR count). The van der Waals surface area contributed by atoms with Crippen LogP contribution >= 0.6 is 0 Å². The van der Waals surface area contributed by atoms with E-state index in [1.54, 1.807) is 11.8 Å². The number of ether oxygens (including phenoxy) is 1. The van der Waals surface area contributed by atoms with Gasteiger partial charge in [-0.15, -0.1) is 5.10 Å². The molecule has 0 spiro atoms. The average Bonchev–Trinajstić information content (AvgIpc) is 2.80. The van der Waals surface area contributed by atoms with Gasteiger partial charge in [-0.2, -0.15) is 0 Å². The zero-order valence-corrected chi connectivity index (χ0v) is 10.6. The molecule has 0 fully saturated rings. The van der Waals surface area contributed by atoms with Crippen LogP contribution in [0.15, 0.2) is 30.5 Å². The summed E-state index contributed by atoms with van der Waals surface area (Å²) in [7, 11) is 1.66. The van der Waals surface area contributed by atoms with Crippen molar-refractivity contribution < 1.29 is 4.74 Å². The zero-order chi connectivity index (χ0) is 12.5. The molecule has 4 heteroatoms. The number of aryl methyl sites for hydroxylation is 1. The Balaban J connectivity index is 2.33. The zero-order valence-electron chi connectivity index (χ0n) is 10.6. The van der Waals surface area contributed by atoms with E-state index < -0.39 is 5.72 Å². The minimum Gasteiger partial charge on any atom is -0.358 e. The Hall–Kier alpha value is -1.68. The summed E-state index contributed by atoms with van der Waals surface area (Å²) in [6.45, 7) is 5.95. The van der Waals surface area contributed by atoms with Crippen LogP contribution in [0.2, 0.25) is 0 Å². The molecule has 1 aromatic carbocycles. The third-order valence-electron chi connectivity index (χ3n) is 2.89. The molecule has 4 nitrogen and oxygen atoms in total. The fraction of sp³-hybridized carbons (Fsp3) is 0.385. The van der Waals surface area contributed by atoms with Crippen molar-refractivity contribution in [3.8, 4) is 11.3 Å². The van der Waals surface area contributed by atoms with Crippen molar-refractivity contribution in [1.82, 2.24) is 15.0 Å². The Morgan fingerprint density at radius 2 is 1.82 bits per heavy atom. The quantitative estimate of drug-likeness (QED) is 0.815. The van der Waals surface area contributed by atoms with Crippen LogP contribution in [0.3, 0.4) is 0 Å². The molecular formula is C13H17N3O. The smallest absolute Gasteiger partial charge is 0.156 e. The minimum absolute atomic E-state index is 0.476. The number of hydrogen-bond acceptors (Lipinski definition) is 3. The van der Waals surface area contributed by atoms with Gasteiger partial charge in [0, 0.05) is 12.7 Å². The molecule has 0 N–H and O–H groups in total. The Morgan fingerprint density at radius 3 is 2.41 bits per heavy atom. The lowest BCUT2D eigenvalue weighted by Gasteiger charge is -2.22. The Kier molecular flexibility index (Phi) is 2.98. The summed E-state index contributed by atoms with van der Waals surface area (Å²) in [6.07, 6.45) is 1.90. The molecule has 1 heterocycles. The van der Waals surface area contributed by atoms with E-state index in [9.17, 15) is 0 Å². The summed E-state index contributed by atoms with van der Waals surface area (Å²) in [6, 6.07) is 8.22. The highest BCUT2D eigenvalue weighted by Gasteiger charge is 2.20. The van der Waals surface area contributed by atoms with Crippen molar-refractivity contribution in [3.05, 3.63) is 36.0 Å². The van der Waals surface area contributed by atoms with E-state index in [-0.39, 0.29) is 0 Å². The van der Waals surface area contributed by atoms with Crippen LogP contribution < -0.4 is 0 Å². The van der Waals surface area contributed by atoms with Gasteiger partial charge in [-0.05, 0) is 20.8 Å². The molecule has 0 aliphatic carbocycles. The van der Waals surface area contributed by atoms with Gasteiger partial charge in [0.05, 0.1) is 6.20 Å². The fourth-order valence-electron chi connectivity index (χ4n) is 1.48. The van der Waals surface area contributed by atoms with E-state index in [4.69, 9.17) is 4.74 Å². The summed E-state index contributed by atoms with van der Waals surface area (Å²) in [4.78, 5) is 0. The molecule has 0 aliphatic heterocycles. The van der Waals surface area contributed by atoms with Crippen molar-refractivity contribution in [2.45, 2.75) is 26.5 Å². The number of nitrogens with zero attached hydrogens (tertiary/aromatic N) is 3. The van der Waals surface area contributed by atoms with E-state index in [1.165, 1.54) is 5.56 Å². The molecular weight excluding hydrogens is 214 g/mol. The second-order valence-electron chi connectivity index (χ2n) is 4.57. The SMILES string of the molecule is COC(C)(C)n1cc(-c2ccc(C)cc2)nn1. The Morgan fingerprint density at radius 1 is 1.18 bits per heavy atom. The van der Waals surface area contributed by atoms with Crippen LogP contribution in [0.5, 0.6) is 0 Å². The van der Waals surface area contributed by atoms with Gasteiger partial charge in [-0.25, -0.2) is 4.68 Å². The molecule has 0 amide bonds. The van der Waals surface area contributed by atoms with E-state index in [2.05, 4.69) is 29.4 Å². The highest BCUT2D eigenvalue weighted by Crippen LogP contribution is 2.20. The summed E-state index contributed by atoms with van der Waals surface area (Å²) < 4.78 is 7.08. The summed E-state index contributed by atoms with van der Waals surface area (Å²) in [5, 5.41) is 8.26. The third kappa shape index (κ3) is 2.36. The maximum absolute atomic E-state index is 5.35. The fourth-order valence-corrected chi connectivity index (χ4v) is 1.48. The van der Waals surface area contributed by atoms with Crippen LogP contribution in [-0.2, 0) is 10.5 Å². The topological polar surface area (TPSA) is 39.9 Å². The lowest BCUT2D eigenvalue weighted by Crippen LogP contribution is -2.28. The van der Waals surface area contributed by atoms with Gasteiger partial charge in [0.2, 0.25) is 0 Å². The monoisotopic (exact) mass is 231 g/mol. The molecule has 17 heavy (non-hydrogen) atoms. The van der Waals surface area contributed by atoms with Crippen molar-refractivity contribution in [2.24, 2.45) is 0 Å². The number of methoxy groups -OCH3 is 1. The minimum atomic E-state index is -0.476. The standard InChI is InChI=1S/C13H17N3O/c1-10-5-7-11(8-6-10)12-9-16(15-14-12)13(2,3)17-4/h5-9H,1-4H3. The van der Waals surface area contributed by atoms with E-state index in [0.29, 0.717) is 0 Å². The third-order valence-corrected chi connectivity index (χ3v) is 2.89. The molecule has 2 aromatic rings. The van der Waals surface area contributed by atoms with Crippen molar-refractivity contribution >= 4 is 0 Å². The molecule has 90 valence electrons. The largest absolute Gasteiger partial charge is 0.358 e. The predicted molar refractivity (Wildman–Crippen MR) is 66.5 cm³/mol. The second kappa shape index (κ2) is 4.30.